The highest BCUT2D eigenvalue weighted by Gasteiger charge is 2.17. The minimum absolute atomic E-state index is 0.126. The Balaban J connectivity index is 1.83. The second-order valence-corrected chi connectivity index (χ2v) is 6.19. The van der Waals surface area contributed by atoms with Crippen LogP contribution in [0.2, 0.25) is 0 Å². The van der Waals surface area contributed by atoms with Crippen LogP contribution in [0.5, 0.6) is 0 Å². The van der Waals surface area contributed by atoms with Crippen molar-refractivity contribution in [2.45, 2.75) is 71.2 Å². The Bertz CT molecular complexity index is 359. The molecule has 1 aliphatic carbocycles. The average Bonchev–Trinajstić information content (AvgIpc) is 2.94. The molecule has 1 aromatic rings. The minimum Gasteiger partial charge on any atom is -0.467 e. The van der Waals surface area contributed by atoms with Gasteiger partial charge in [-0.3, -0.25) is 0 Å². The summed E-state index contributed by atoms with van der Waals surface area (Å²) in [5, 5.41) is 3.48. The molecule has 0 amide bonds. The molecule has 1 N–H and O–H groups in total. The molecule has 2 rings (SSSR count). The summed E-state index contributed by atoms with van der Waals surface area (Å²) in [5.41, 5.74) is 1.34. The zero-order valence-electron chi connectivity index (χ0n) is 11.8. The predicted octanol–water partition coefficient (Wildman–Crippen LogP) is 3.63. The highest BCUT2D eigenvalue weighted by molar-refractivity contribution is 5.16. The summed E-state index contributed by atoms with van der Waals surface area (Å²) in [7, 11) is 0. The summed E-state index contributed by atoms with van der Waals surface area (Å²) >= 11 is 0. The normalized spacial score (nSPS) is 17.5. The Hall–Kier alpha value is -0.800. The maximum Gasteiger partial charge on any atom is 0.133 e. The van der Waals surface area contributed by atoms with Gasteiger partial charge in [0.2, 0.25) is 0 Å². The molecule has 1 aromatic heterocycles. The van der Waals surface area contributed by atoms with Crippen molar-refractivity contribution >= 4 is 0 Å². The smallest absolute Gasteiger partial charge is 0.133 e. The van der Waals surface area contributed by atoms with Gasteiger partial charge in [-0.25, -0.2) is 0 Å². The Morgan fingerprint density at radius 2 is 2.06 bits per heavy atom. The van der Waals surface area contributed by atoms with Gasteiger partial charge in [0, 0.05) is 17.6 Å². The van der Waals surface area contributed by atoms with Crippen molar-refractivity contribution in [1.82, 2.24) is 5.32 Å². The first-order valence-corrected chi connectivity index (χ1v) is 6.96. The van der Waals surface area contributed by atoms with E-state index in [1.165, 1.54) is 31.2 Å². The van der Waals surface area contributed by atoms with Crippen molar-refractivity contribution in [2.24, 2.45) is 0 Å². The van der Waals surface area contributed by atoms with Gasteiger partial charge in [-0.05, 0) is 39.7 Å². The lowest BCUT2D eigenvalue weighted by Crippen LogP contribution is -2.35. The van der Waals surface area contributed by atoms with E-state index in [0.717, 1.165) is 12.3 Å². The molecule has 0 unspecified atom stereocenters. The first-order chi connectivity index (χ1) is 8.54. The third-order valence-electron chi connectivity index (χ3n) is 3.40. The van der Waals surface area contributed by atoms with Crippen LogP contribution in [0.15, 0.2) is 16.7 Å². The Labute approximate surface area is 110 Å². The molecule has 0 aromatic carbocycles. The van der Waals surface area contributed by atoms with Crippen LogP contribution in [-0.2, 0) is 17.9 Å². The van der Waals surface area contributed by atoms with E-state index in [1.807, 2.05) is 6.07 Å². The van der Waals surface area contributed by atoms with Crippen LogP contribution >= 0.6 is 0 Å². The van der Waals surface area contributed by atoms with E-state index >= 15 is 0 Å². The number of hydrogen-bond acceptors (Lipinski definition) is 3. The minimum atomic E-state index is 0.126. The second kappa shape index (κ2) is 5.89. The quantitative estimate of drug-likeness (QED) is 0.867. The Morgan fingerprint density at radius 1 is 1.33 bits per heavy atom. The molecule has 0 bridgehead atoms. The standard InChI is InChI=1S/C15H25NO2/c1-15(2,3)16-10-12-8-9-17-14(12)11-18-13-6-4-5-7-13/h8-9,13,16H,4-7,10-11H2,1-3H3. The monoisotopic (exact) mass is 251 g/mol. The van der Waals surface area contributed by atoms with Gasteiger partial charge in [-0.2, -0.15) is 0 Å². The first-order valence-electron chi connectivity index (χ1n) is 6.96. The molecule has 18 heavy (non-hydrogen) atoms. The molecule has 1 aliphatic rings. The number of hydrogen-bond donors (Lipinski definition) is 1. The predicted molar refractivity (Wildman–Crippen MR) is 72.3 cm³/mol. The first kappa shape index (κ1) is 13.6. The summed E-state index contributed by atoms with van der Waals surface area (Å²) < 4.78 is 11.4. The second-order valence-electron chi connectivity index (χ2n) is 6.19. The summed E-state index contributed by atoms with van der Waals surface area (Å²) in [6.45, 7) is 7.95. The largest absolute Gasteiger partial charge is 0.467 e. The van der Waals surface area contributed by atoms with Crippen molar-refractivity contribution in [3.63, 3.8) is 0 Å². The fraction of sp³-hybridized carbons (Fsp3) is 0.733. The molecule has 0 atom stereocenters. The summed E-state index contributed by atoms with van der Waals surface area (Å²) in [6, 6.07) is 2.03. The van der Waals surface area contributed by atoms with Gasteiger partial charge < -0.3 is 14.5 Å². The van der Waals surface area contributed by atoms with Crippen LogP contribution < -0.4 is 5.32 Å². The average molecular weight is 251 g/mol. The van der Waals surface area contributed by atoms with E-state index in [4.69, 9.17) is 9.15 Å². The van der Waals surface area contributed by atoms with Crippen molar-refractivity contribution in [2.75, 3.05) is 0 Å². The van der Waals surface area contributed by atoms with Crippen LogP contribution in [-0.4, -0.2) is 11.6 Å². The maximum absolute atomic E-state index is 5.90. The van der Waals surface area contributed by atoms with Gasteiger partial charge >= 0.3 is 0 Å². The number of ether oxygens (including phenoxy) is 1. The molecule has 3 nitrogen and oxygen atoms in total. The lowest BCUT2D eigenvalue weighted by Gasteiger charge is -2.20. The van der Waals surface area contributed by atoms with Gasteiger partial charge in [-0.1, -0.05) is 12.8 Å². The topological polar surface area (TPSA) is 34.4 Å². The Kier molecular flexibility index (Phi) is 4.46. The SMILES string of the molecule is CC(C)(C)NCc1ccoc1COC1CCCC1. The number of furan rings is 1. The van der Waals surface area contributed by atoms with Crippen molar-refractivity contribution in [1.29, 1.82) is 0 Å². The lowest BCUT2D eigenvalue weighted by molar-refractivity contribution is 0.0351. The van der Waals surface area contributed by atoms with Crippen LogP contribution in [0.3, 0.4) is 0 Å². The Morgan fingerprint density at radius 3 is 2.72 bits per heavy atom. The highest BCUT2D eigenvalue weighted by atomic mass is 16.5. The molecule has 0 saturated heterocycles. The van der Waals surface area contributed by atoms with E-state index in [9.17, 15) is 0 Å². The van der Waals surface area contributed by atoms with E-state index in [-0.39, 0.29) is 5.54 Å². The van der Waals surface area contributed by atoms with Crippen LogP contribution in [0.25, 0.3) is 0 Å². The van der Waals surface area contributed by atoms with Crippen molar-refractivity contribution < 1.29 is 9.15 Å². The maximum atomic E-state index is 5.90. The fourth-order valence-electron chi connectivity index (χ4n) is 2.26. The molecule has 1 heterocycles. The van der Waals surface area contributed by atoms with E-state index in [1.54, 1.807) is 6.26 Å². The van der Waals surface area contributed by atoms with E-state index < -0.39 is 0 Å². The third-order valence-corrected chi connectivity index (χ3v) is 3.40. The molecule has 0 aliphatic heterocycles. The van der Waals surface area contributed by atoms with Gasteiger partial charge in [0.25, 0.3) is 0 Å². The zero-order chi connectivity index (χ0) is 13.0. The van der Waals surface area contributed by atoms with Gasteiger partial charge in [0.15, 0.2) is 0 Å². The highest BCUT2D eigenvalue weighted by Crippen LogP contribution is 2.23. The summed E-state index contributed by atoms with van der Waals surface area (Å²) in [6.07, 6.45) is 7.22. The van der Waals surface area contributed by atoms with Gasteiger partial charge in [0.05, 0.1) is 12.4 Å². The van der Waals surface area contributed by atoms with Gasteiger partial charge in [0.1, 0.15) is 12.4 Å². The molecule has 0 spiro atoms. The van der Waals surface area contributed by atoms with E-state index in [0.29, 0.717) is 12.7 Å². The van der Waals surface area contributed by atoms with Crippen LogP contribution in [0, 0.1) is 0 Å². The summed E-state index contributed by atoms with van der Waals surface area (Å²) in [5.74, 6) is 0.971. The number of nitrogens with one attached hydrogen (secondary N) is 1. The van der Waals surface area contributed by atoms with Crippen LogP contribution in [0.4, 0.5) is 0 Å². The van der Waals surface area contributed by atoms with Gasteiger partial charge in [-0.15, -0.1) is 0 Å². The zero-order valence-corrected chi connectivity index (χ0v) is 11.8. The van der Waals surface area contributed by atoms with Crippen molar-refractivity contribution in [3.05, 3.63) is 23.7 Å². The molecule has 3 heteroatoms. The van der Waals surface area contributed by atoms with E-state index in [2.05, 4.69) is 26.1 Å². The molecule has 1 saturated carbocycles. The molecule has 1 fully saturated rings. The molecular formula is C15H25NO2. The van der Waals surface area contributed by atoms with Crippen molar-refractivity contribution in [3.8, 4) is 0 Å². The molecule has 102 valence electrons. The fourth-order valence-corrected chi connectivity index (χ4v) is 2.26. The third kappa shape index (κ3) is 4.14. The summed E-state index contributed by atoms with van der Waals surface area (Å²) in [4.78, 5) is 0. The van der Waals surface area contributed by atoms with Crippen LogP contribution in [0.1, 0.15) is 57.8 Å². The molecule has 0 radical (unpaired) electrons. The molecular weight excluding hydrogens is 226 g/mol. The lowest BCUT2D eigenvalue weighted by atomic mass is 10.1. The number of rotatable bonds is 5.